The summed E-state index contributed by atoms with van der Waals surface area (Å²) in [7, 11) is 2.11. The van der Waals surface area contributed by atoms with Crippen molar-refractivity contribution < 1.29 is 9.90 Å². The fraction of sp³-hybridized carbons (Fsp3) is 0.438. The number of benzene rings is 1. The number of carboxylic acid groups (broad SMARTS) is 1. The van der Waals surface area contributed by atoms with Gasteiger partial charge in [-0.25, -0.2) is 4.79 Å². The van der Waals surface area contributed by atoms with Gasteiger partial charge in [0, 0.05) is 24.9 Å². The van der Waals surface area contributed by atoms with Crippen molar-refractivity contribution in [3.63, 3.8) is 0 Å². The van der Waals surface area contributed by atoms with E-state index in [1.807, 2.05) is 12.1 Å². The molecule has 0 fully saturated rings. The third-order valence-electron chi connectivity index (χ3n) is 3.39. The van der Waals surface area contributed by atoms with Crippen LogP contribution in [0.5, 0.6) is 0 Å². The lowest BCUT2D eigenvalue weighted by Crippen LogP contribution is -2.29. The molecule has 0 amide bonds. The minimum atomic E-state index is -0.921. The molecule has 0 spiro atoms. The van der Waals surface area contributed by atoms with Crippen molar-refractivity contribution in [2.75, 3.05) is 11.9 Å². The van der Waals surface area contributed by atoms with Gasteiger partial charge in [-0.2, -0.15) is 0 Å². The molecule has 1 N–H and O–H groups in total. The molecule has 104 valence electrons. The van der Waals surface area contributed by atoms with Crippen molar-refractivity contribution >= 4 is 17.7 Å². The Morgan fingerprint density at radius 2 is 2.16 bits per heavy atom. The van der Waals surface area contributed by atoms with Gasteiger partial charge in [0.15, 0.2) is 0 Å². The maximum Gasteiger partial charge on any atom is 0.328 e. The minimum Gasteiger partial charge on any atom is -0.478 e. The predicted molar refractivity (Wildman–Crippen MR) is 80.6 cm³/mol. The van der Waals surface area contributed by atoms with E-state index in [4.69, 9.17) is 5.11 Å². The summed E-state index contributed by atoms with van der Waals surface area (Å²) in [5, 5.41) is 8.62. The smallest absolute Gasteiger partial charge is 0.328 e. The van der Waals surface area contributed by atoms with Gasteiger partial charge in [-0.3, -0.25) is 0 Å². The summed E-state index contributed by atoms with van der Waals surface area (Å²) in [5.41, 5.74) is 3.28. The van der Waals surface area contributed by atoms with Crippen LogP contribution in [0.15, 0.2) is 24.3 Å². The molecule has 0 aliphatic heterocycles. The maximum absolute atomic E-state index is 10.5. The van der Waals surface area contributed by atoms with Gasteiger partial charge in [0.2, 0.25) is 0 Å². The lowest BCUT2D eigenvalue weighted by atomic mass is 10.1. The number of carbonyl (C=O) groups is 1. The molecule has 3 nitrogen and oxygen atoms in total. The fourth-order valence-corrected chi connectivity index (χ4v) is 2.19. The van der Waals surface area contributed by atoms with E-state index in [9.17, 15) is 4.79 Å². The van der Waals surface area contributed by atoms with E-state index in [1.165, 1.54) is 12.1 Å². The molecule has 1 rings (SSSR count). The molecule has 1 aromatic carbocycles. The van der Waals surface area contributed by atoms with Crippen molar-refractivity contribution in [1.29, 1.82) is 0 Å². The monoisotopic (exact) mass is 261 g/mol. The molecule has 1 atom stereocenters. The molecule has 0 aliphatic carbocycles. The van der Waals surface area contributed by atoms with Crippen LogP contribution in [-0.2, 0) is 4.79 Å². The van der Waals surface area contributed by atoms with Crippen molar-refractivity contribution in [1.82, 2.24) is 0 Å². The highest BCUT2D eigenvalue weighted by Gasteiger charge is 2.11. The highest BCUT2D eigenvalue weighted by Crippen LogP contribution is 2.23. The number of aryl methyl sites for hydroxylation is 1. The normalized spacial score (nSPS) is 12.6. The molecule has 19 heavy (non-hydrogen) atoms. The first-order chi connectivity index (χ1) is 8.95. The average Bonchev–Trinajstić information content (AvgIpc) is 2.36. The fourth-order valence-electron chi connectivity index (χ4n) is 2.19. The highest BCUT2D eigenvalue weighted by atomic mass is 16.4. The Kier molecular flexibility index (Phi) is 5.61. The molecule has 0 radical (unpaired) electrons. The maximum atomic E-state index is 10.5. The van der Waals surface area contributed by atoms with Crippen LogP contribution in [0.3, 0.4) is 0 Å². The first-order valence-corrected chi connectivity index (χ1v) is 6.70. The van der Waals surface area contributed by atoms with E-state index >= 15 is 0 Å². The van der Waals surface area contributed by atoms with Crippen LogP contribution in [0.1, 0.15) is 37.8 Å². The standard InChI is InChI=1S/C16H23NO2/c1-5-6-13(3)17(4)15-9-7-14(11-12(15)2)8-10-16(18)19/h7-11,13H,5-6H2,1-4H3,(H,18,19). The topological polar surface area (TPSA) is 40.5 Å². The van der Waals surface area contributed by atoms with Crippen LogP contribution in [0, 0.1) is 6.92 Å². The van der Waals surface area contributed by atoms with E-state index in [2.05, 4.69) is 38.8 Å². The number of hydrogen-bond acceptors (Lipinski definition) is 2. The summed E-state index contributed by atoms with van der Waals surface area (Å²) in [5.74, 6) is -0.921. The zero-order valence-electron chi connectivity index (χ0n) is 12.2. The molecule has 0 aliphatic rings. The summed E-state index contributed by atoms with van der Waals surface area (Å²) in [6, 6.07) is 6.54. The Morgan fingerprint density at radius 1 is 1.47 bits per heavy atom. The number of carboxylic acids is 1. The summed E-state index contributed by atoms with van der Waals surface area (Å²) in [4.78, 5) is 12.8. The quantitative estimate of drug-likeness (QED) is 0.793. The number of hydrogen-bond donors (Lipinski definition) is 1. The largest absolute Gasteiger partial charge is 0.478 e. The summed E-state index contributed by atoms with van der Waals surface area (Å²) in [6.07, 6.45) is 5.12. The minimum absolute atomic E-state index is 0.504. The van der Waals surface area contributed by atoms with Crippen LogP contribution in [0.25, 0.3) is 6.08 Å². The number of rotatable bonds is 6. The van der Waals surface area contributed by atoms with Crippen LogP contribution < -0.4 is 4.90 Å². The van der Waals surface area contributed by atoms with Gasteiger partial charge in [-0.15, -0.1) is 0 Å². The van der Waals surface area contributed by atoms with Crippen molar-refractivity contribution in [2.45, 2.75) is 39.7 Å². The second kappa shape index (κ2) is 6.98. The summed E-state index contributed by atoms with van der Waals surface area (Å²) >= 11 is 0. The van der Waals surface area contributed by atoms with Crippen LogP contribution in [-0.4, -0.2) is 24.2 Å². The van der Waals surface area contributed by atoms with E-state index in [-0.39, 0.29) is 0 Å². The number of anilines is 1. The first kappa shape index (κ1) is 15.3. The van der Waals surface area contributed by atoms with E-state index in [1.54, 1.807) is 6.08 Å². The zero-order chi connectivity index (χ0) is 14.4. The van der Waals surface area contributed by atoms with Gasteiger partial charge in [0.25, 0.3) is 0 Å². The average molecular weight is 261 g/mol. The van der Waals surface area contributed by atoms with Crippen LogP contribution >= 0.6 is 0 Å². The molecule has 0 bridgehead atoms. The van der Waals surface area contributed by atoms with Crippen molar-refractivity contribution in [3.05, 3.63) is 35.4 Å². The van der Waals surface area contributed by atoms with Crippen molar-refractivity contribution in [3.8, 4) is 0 Å². The van der Waals surface area contributed by atoms with Crippen LogP contribution in [0.2, 0.25) is 0 Å². The van der Waals surface area contributed by atoms with Gasteiger partial charge in [-0.05, 0) is 49.6 Å². The highest BCUT2D eigenvalue weighted by molar-refractivity contribution is 5.85. The van der Waals surface area contributed by atoms with E-state index in [0.29, 0.717) is 6.04 Å². The second-order valence-electron chi connectivity index (χ2n) is 4.97. The lowest BCUT2D eigenvalue weighted by molar-refractivity contribution is -0.131. The Labute approximate surface area is 115 Å². The molecule has 1 unspecified atom stereocenters. The Morgan fingerprint density at radius 3 is 2.68 bits per heavy atom. The molecule has 0 saturated heterocycles. The summed E-state index contributed by atoms with van der Waals surface area (Å²) < 4.78 is 0. The number of aliphatic carboxylic acids is 1. The van der Waals surface area contributed by atoms with Crippen molar-refractivity contribution in [2.24, 2.45) is 0 Å². The Bertz CT molecular complexity index is 466. The SMILES string of the molecule is CCCC(C)N(C)c1ccc(C=CC(=O)O)cc1C. The van der Waals surface area contributed by atoms with E-state index < -0.39 is 5.97 Å². The second-order valence-corrected chi connectivity index (χ2v) is 4.97. The van der Waals surface area contributed by atoms with Gasteiger partial charge < -0.3 is 10.0 Å². The molecular weight excluding hydrogens is 238 g/mol. The molecule has 1 aromatic rings. The molecular formula is C16H23NO2. The van der Waals surface area contributed by atoms with Gasteiger partial charge in [-0.1, -0.05) is 19.4 Å². The summed E-state index contributed by atoms with van der Waals surface area (Å²) in [6.45, 7) is 6.47. The Hall–Kier alpha value is -1.77. The Balaban J connectivity index is 2.91. The molecule has 3 heteroatoms. The zero-order valence-corrected chi connectivity index (χ0v) is 12.2. The molecule has 0 aromatic heterocycles. The first-order valence-electron chi connectivity index (χ1n) is 6.70. The van der Waals surface area contributed by atoms with Gasteiger partial charge in [0.05, 0.1) is 0 Å². The molecule has 0 heterocycles. The van der Waals surface area contributed by atoms with Gasteiger partial charge in [0.1, 0.15) is 0 Å². The third-order valence-corrected chi connectivity index (χ3v) is 3.39. The van der Waals surface area contributed by atoms with Gasteiger partial charge >= 0.3 is 5.97 Å². The number of nitrogens with zero attached hydrogens (tertiary/aromatic N) is 1. The van der Waals surface area contributed by atoms with Crippen LogP contribution in [0.4, 0.5) is 5.69 Å². The van der Waals surface area contributed by atoms with E-state index in [0.717, 1.165) is 23.6 Å². The predicted octanol–water partition coefficient (Wildman–Crippen LogP) is 3.72. The third kappa shape index (κ3) is 4.43. The molecule has 0 saturated carbocycles. The lowest BCUT2D eigenvalue weighted by Gasteiger charge is -2.28.